The molecule has 0 bridgehead atoms. The largest absolute Gasteiger partial charge is 0.480 e. The maximum absolute atomic E-state index is 12.9. The van der Waals surface area contributed by atoms with Gasteiger partial charge in [-0.05, 0) is 24.1 Å². The molecule has 1 atom stereocenters. The Morgan fingerprint density at radius 3 is 2.20 bits per heavy atom. The fourth-order valence-electron chi connectivity index (χ4n) is 1.90. The van der Waals surface area contributed by atoms with E-state index < -0.39 is 56.1 Å². The molecule has 0 amide bonds. The number of carboxylic acids is 1. The van der Waals surface area contributed by atoms with Crippen LogP contribution in [0.4, 0.5) is 13.2 Å². The van der Waals surface area contributed by atoms with Crippen molar-refractivity contribution in [3.63, 3.8) is 0 Å². The SMILES string of the molecule is COC(=O)c1ccc(C(F)(F)F)cc1S(=O)(=O)NC(C(=O)O)C(C)C. The minimum absolute atomic E-state index is 0.258. The van der Waals surface area contributed by atoms with Gasteiger partial charge >= 0.3 is 18.1 Å². The standard InChI is InChI=1S/C14H16F3NO6S/c1-7(2)11(12(19)20)18-25(22,23)10-6-8(14(15,16)17)4-5-9(10)13(21)24-3/h4-7,11,18H,1-3H3,(H,19,20). The number of alkyl halides is 3. The fraction of sp³-hybridized carbons (Fsp3) is 0.429. The summed E-state index contributed by atoms with van der Waals surface area (Å²) >= 11 is 0. The first kappa shape index (κ1) is 20.9. The molecule has 0 saturated carbocycles. The summed E-state index contributed by atoms with van der Waals surface area (Å²) in [5.41, 5.74) is -1.95. The Hall–Kier alpha value is -2.14. The van der Waals surface area contributed by atoms with E-state index in [0.717, 1.165) is 7.11 Å². The summed E-state index contributed by atoms with van der Waals surface area (Å²) in [5, 5.41) is 9.06. The average Bonchev–Trinajstić information content (AvgIpc) is 2.49. The number of benzene rings is 1. The van der Waals surface area contributed by atoms with Crippen LogP contribution in [0.2, 0.25) is 0 Å². The molecule has 0 aromatic heterocycles. The molecule has 25 heavy (non-hydrogen) atoms. The van der Waals surface area contributed by atoms with Crippen molar-refractivity contribution in [1.29, 1.82) is 0 Å². The van der Waals surface area contributed by atoms with Gasteiger partial charge in [-0.2, -0.15) is 17.9 Å². The van der Waals surface area contributed by atoms with Crippen molar-refractivity contribution in [2.24, 2.45) is 5.92 Å². The van der Waals surface area contributed by atoms with Crippen LogP contribution in [0.5, 0.6) is 0 Å². The minimum Gasteiger partial charge on any atom is -0.480 e. The predicted octanol–water partition coefficient (Wildman–Crippen LogP) is 1.88. The summed E-state index contributed by atoms with van der Waals surface area (Å²) in [6, 6.07) is -0.144. The molecule has 0 spiro atoms. The normalized spacial score (nSPS) is 13.6. The highest BCUT2D eigenvalue weighted by molar-refractivity contribution is 7.89. The molecule has 1 unspecified atom stereocenters. The maximum Gasteiger partial charge on any atom is 0.416 e. The first-order chi connectivity index (χ1) is 11.3. The van der Waals surface area contributed by atoms with Crippen molar-refractivity contribution in [3.05, 3.63) is 29.3 Å². The van der Waals surface area contributed by atoms with Gasteiger partial charge < -0.3 is 9.84 Å². The van der Waals surface area contributed by atoms with Crippen LogP contribution in [-0.4, -0.2) is 38.6 Å². The van der Waals surface area contributed by atoms with Gasteiger partial charge in [0.1, 0.15) is 6.04 Å². The van der Waals surface area contributed by atoms with E-state index >= 15 is 0 Å². The van der Waals surface area contributed by atoms with Gasteiger partial charge in [0, 0.05) is 0 Å². The maximum atomic E-state index is 12.9. The van der Waals surface area contributed by atoms with Gasteiger partial charge in [0.15, 0.2) is 0 Å². The van der Waals surface area contributed by atoms with Crippen LogP contribution in [0.3, 0.4) is 0 Å². The summed E-state index contributed by atoms with van der Waals surface area (Å²) in [6.07, 6.45) is -4.86. The highest BCUT2D eigenvalue weighted by Gasteiger charge is 2.36. The van der Waals surface area contributed by atoms with Crippen LogP contribution in [0.1, 0.15) is 29.8 Å². The number of rotatable bonds is 6. The predicted molar refractivity (Wildman–Crippen MR) is 79.4 cm³/mol. The quantitative estimate of drug-likeness (QED) is 0.726. The van der Waals surface area contributed by atoms with Crippen LogP contribution in [0, 0.1) is 5.92 Å². The lowest BCUT2D eigenvalue weighted by Crippen LogP contribution is -2.44. The molecule has 0 fully saturated rings. The summed E-state index contributed by atoms with van der Waals surface area (Å²) in [6.45, 7) is 2.82. The molecule has 0 aliphatic carbocycles. The second kappa shape index (κ2) is 7.40. The number of sulfonamides is 1. The zero-order valence-corrected chi connectivity index (χ0v) is 14.2. The van der Waals surface area contributed by atoms with Crippen molar-refractivity contribution < 1.29 is 41.0 Å². The van der Waals surface area contributed by atoms with Gasteiger partial charge in [-0.25, -0.2) is 13.2 Å². The number of aliphatic carboxylic acids is 1. The Bertz CT molecular complexity index is 773. The number of carbonyl (C=O) groups excluding carboxylic acids is 1. The molecule has 0 saturated heterocycles. The molecule has 0 heterocycles. The minimum atomic E-state index is -4.86. The van der Waals surface area contributed by atoms with Crippen LogP contribution < -0.4 is 4.72 Å². The van der Waals surface area contributed by atoms with Gasteiger partial charge in [-0.1, -0.05) is 13.8 Å². The zero-order valence-electron chi connectivity index (χ0n) is 13.4. The Morgan fingerprint density at radius 2 is 1.80 bits per heavy atom. The number of halogens is 3. The number of carbonyl (C=O) groups is 2. The first-order valence-electron chi connectivity index (χ1n) is 6.86. The number of ether oxygens (including phenoxy) is 1. The Balaban J connectivity index is 3.54. The number of esters is 1. The molecule has 1 aromatic carbocycles. The van der Waals surface area contributed by atoms with Crippen molar-refractivity contribution >= 4 is 22.0 Å². The topological polar surface area (TPSA) is 110 Å². The molecule has 7 nitrogen and oxygen atoms in total. The molecule has 0 radical (unpaired) electrons. The Labute approximate surface area is 141 Å². The molecule has 1 aromatic rings. The third-order valence-electron chi connectivity index (χ3n) is 3.22. The van der Waals surface area contributed by atoms with Crippen LogP contribution >= 0.6 is 0 Å². The zero-order chi connectivity index (χ0) is 19.6. The first-order valence-corrected chi connectivity index (χ1v) is 8.34. The fourth-order valence-corrected chi connectivity index (χ4v) is 3.46. The van der Waals surface area contributed by atoms with Crippen molar-refractivity contribution in [1.82, 2.24) is 4.72 Å². The average molecular weight is 383 g/mol. The summed E-state index contributed by atoms with van der Waals surface area (Å²) in [5.74, 6) is -3.38. The number of hydrogen-bond donors (Lipinski definition) is 2. The van der Waals surface area contributed by atoms with E-state index in [2.05, 4.69) is 4.74 Å². The third-order valence-corrected chi connectivity index (χ3v) is 4.70. The summed E-state index contributed by atoms with van der Waals surface area (Å²) in [7, 11) is -3.82. The van der Waals surface area contributed by atoms with E-state index in [1.807, 2.05) is 0 Å². The summed E-state index contributed by atoms with van der Waals surface area (Å²) in [4.78, 5) is 21.8. The lowest BCUT2D eigenvalue weighted by molar-refractivity contribution is -0.140. The Kier molecular flexibility index (Phi) is 6.19. The molecule has 0 aliphatic heterocycles. The van der Waals surface area contributed by atoms with Crippen molar-refractivity contribution in [2.75, 3.05) is 7.11 Å². The van der Waals surface area contributed by atoms with Gasteiger partial charge in [-0.15, -0.1) is 0 Å². The van der Waals surface area contributed by atoms with E-state index in [1.54, 1.807) is 4.72 Å². The summed E-state index contributed by atoms with van der Waals surface area (Å²) < 4.78 is 69.6. The van der Waals surface area contributed by atoms with Crippen LogP contribution in [0.15, 0.2) is 23.1 Å². The molecule has 140 valence electrons. The second-order valence-corrected chi connectivity index (χ2v) is 7.06. The molecule has 0 aliphatic rings. The number of carboxylic acid groups (broad SMARTS) is 1. The van der Waals surface area contributed by atoms with Gasteiger partial charge in [0.2, 0.25) is 10.0 Å². The van der Waals surface area contributed by atoms with Gasteiger partial charge in [0.05, 0.1) is 23.1 Å². The number of methoxy groups -OCH3 is 1. The van der Waals surface area contributed by atoms with E-state index in [-0.39, 0.29) is 6.07 Å². The molecule has 2 N–H and O–H groups in total. The lowest BCUT2D eigenvalue weighted by Gasteiger charge is -2.19. The van der Waals surface area contributed by atoms with E-state index in [0.29, 0.717) is 12.1 Å². The lowest BCUT2D eigenvalue weighted by atomic mass is 10.1. The van der Waals surface area contributed by atoms with Crippen molar-refractivity contribution in [2.45, 2.75) is 31.0 Å². The molecule has 1 rings (SSSR count). The smallest absolute Gasteiger partial charge is 0.416 e. The van der Waals surface area contributed by atoms with Crippen LogP contribution in [0.25, 0.3) is 0 Å². The number of nitrogens with one attached hydrogen (secondary N) is 1. The van der Waals surface area contributed by atoms with Gasteiger partial charge in [-0.3, -0.25) is 4.79 Å². The monoisotopic (exact) mass is 383 g/mol. The van der Waals surface area contributed by atoms with Crippen molar-refractivity contribution in [3.8, 4) is 0 Å². The van der Waals surface area contributed by atoms with Gasteiger partial charge in [0.25, 0.3) is 0 Å². The molecular weight excluding hydrogens is 367 g/mol. The van der Waals surface area contributed by atoms with E-state index in [4.69, 9.17) is 5.11 Å². The second-order valence-electron chi connectivity index (χ2n) is 5.38. The highest BCUT2D eigenvalue weighted by atomic mass is 32.2. The highest BCUT2D eigenvalue weighted by Crippen LogP contribution is 2.32. The van der Waals surface area contributed by atoms with E-state index in [9.17, 15) is 31.2 Å². The number of hydrogen-bond acceptors (Lipinski definition) is 5. The third kappa shape index (κ3) is 4.92. The van der Waals surface area contributed by atoms with E-state index in [1.165, 1.54) is 13.8 Å². The van der Waals surface area contributed by atoms with Crippen LogP contribution in [-0.2, 0) is 25.7 Å². The molecular formula is C14H16F3NO6S. The Morgan fingerprint density at radius 1 is 1.24 bits per heavy atom. The molecule has 11 heteroatoms.